The fourth-order valence-electron chi connectivity index (χ4n) is 1.48. The van der Waals surface area contributed by atoms with E-state index in [1.165, 1.54) is 5.36 Å². The summed E-state index contributed by atoms with van der Waals surface area (Å²) in [6, 6.07) is 8.10. The second kappa shape index (κ2) is 2.55. The van der Waals surface area contributed by atoms with Crippen molar-refractivity contribution in [3.8, 4) is 0 Å². The van der Waals surface area contributed by atoms with E-state index in [4.69, 9.17) is 0 Å². The third kappa shape index (κ3) is 0.881. The molecule has 0 saturated heterocycles. The minimum Gasteiger partial charge on any atom is -0.221 e. The highest BCUT2D eigenvalue weighted by molar-refractivity contribution is 5.11. The Hall–Kier alpha value is -1.44. The molecule has 0 saturated carbocycles. The van der Waals surface area contributed by atoms with Crippen LogP contribution in [0.4, 0.5) is 0 Å². The molecule has 2 heteroatoms. The first-order chi connectivity index (χ1) is 5.83. The molecule has 2 rings (SSSR count). The summed E-state index contributed by atoms with van der Waals surface area (Å²) >= 11 is 0. The van der Waals surface area contributed by atoms with Crippen molar-refractivity contribution in [2.75, 3.05) is 6.54 Å². The molecular weight excluding hydrogens is 148 g/mol. The van der Waals surface area contributed by atoms with Crippen LogP contribution in [-0.4, -0.2) is 6.54 Å². The van der Waals surface area contributed by atoms with Crippen molar-refractivity contribution in [3.05, 3.63) is 47.4 Å². The summed E-state index contributed by atoms with van der Waals surface area (Å²) in [5.41, 5.74) is 0. The average Bonchev–Trinajstić information content (AvgIpc) is 2.40. The monoisotopic (exact) mass is 159 g/mol. The van der Waals surface area contributed by atoms with Crippen molar-refractivity contribution in [2.24, 2.45) is 4.99 Å². The lowest BCUT2D eigenvalue weighted by molar-refractivity contribution is 0.723. The van der Waals surface area contributed by atoms with Crippen LogP contribution in [0.3, 0.4) is 0 Å². The van der Waals surface area contributed by atoms with Gasteiger partial charge in [0.15, 0.2) is 5.36 Å². The predicted octanol–water partition coefficient (Wildman–Crippen LogP) is 0.302. The van der Waals surface area contributed by atoms with Crippen molar-refractivity contribution in [1.29, 1.82) is 0 Å². The topological polar surface area (TPSA) is 15.4 Å². The van der Waals surface area contributed by atoms with Crippen LogP contribution in [0.1, 0.15) is 6.92 Å². The molecule has 0 aromatic heterocycles. The van der Waals surface area contributed by atoms with E-state index >= 15 is 0 Å². The van der Waals surface area contributed by atoms with E-state index in [0.717, 1.165) is 17.7 Å². The van der Waals surface area contributed by atoms with E-state index in [0.29, 0.717) is 0 Å². The van der Waals surface area contributed by atoms with Crippen LogP contribution in [0.5, 0.6) is 0 Å². The molecule has 0 spiro atoms. The summed E-state index contributed by atoms with van der Waals surface area (Å²) in [7, 11) is 0. The van der Waals surface area contributed by atoms with Gasteiger partial charge in [-0.2, -0.15) is 0 Å². The van der Waals surface area contributed by atoms with Gasteiger partial charge in [0.05, 0.1) is 6.54 Å². The fraction of sp³-hybridized carbons (Fsp3) is 0.200. The Kier molecular flexibility index (Phi) is 1.54. The molecule has 0 aliphatic carbocycles. The molecule has 1 aromatic carbocycles. The SMILES string of the molecule is C=C1N=c2ccccc2=[N+]1CC. The first kappa shape index (κ1) is 7.22. The molecule has 0 N–H and O–H groups in total. The van der Waals surface area contributed by atoms with E-state index in [2.05, 4.69) is 29.1 Å². The van der Waals surface area contributed by atoms with Crippen molar-refractivity contribution in [2.45, 2.75) is 6.92 Å². The van der Waals surface area contributed by atoms with Gasteiger partial charge in [0.2, 0.25) is 5.36 Å². The van der Waals surface area contributed by atoms with Gasteiger partial charge in [0, 0.05) is 0 Å². The van der Waals surface area contributed by atoms with Gasteiger partial charge in [-0.1, -0.05) is 12.1 Å². The average molecular weight is 159 g/mol. The molecule has 0 bridgehead atoms. The Morgan fingerprint density at radius 2 is 2.17 bits per heavy atom. The number of para-hydroxylation sites is 2. The van der Waals surface area contributed by atoms with E-state index in [1.54, 1.807) is 0 Å². The minimum absolute atomic E-state index is 0.846. The highest BCUT2D eigenvalue weighted by Crippen LogP contribution is 1.92. The lowest BCUT2D eigenvalue weighted by Gasteiger charge is -1.92. The minimum atomic E-state index is 0.846. The van der Waals surface area contributed by atoms with Gasteiger partial charge in [-0.3, -0.25) is 0 Å². The summed E-state index contributed by atoms with van der Waals surface area (Å²) in [5, 5.41) is 2.20. The molecular formula is C10H11N2+. The Balaban J connectivity index is 2.88. The largest absolute Gasteiger partial charge is 0.317 e. The third-order valence-corrected chi connectivity index (χ3v) is 2.05. The van der Waals surface area contributed by atoms with Crippen LogP contribution >= 0.6 is 0 Å². The fourth-order valence-corrected chi connectivity index (χ4v) is 1.48. The van der Waals surface area contributed by atoms with Crippen LogP contribution in [-0.2, 0) is 0 Å². The van der Waals surface area contributed by atoms with E-state index in [9.17, 15) is 0 Å². The zero-order valence-corrected chi connectivity index (χ0v) is 7.12. The maximum atomic E-state index is 4.34. The highest BCUT2D eigenvalue weighted by Gasteiger charge is 2.15. The smallest absolute Gasteiger partial charge is 0.221 e. The molecule has 1 aromatic rings. The molecule has 2 nitrogen and oxygen atoms in total. The van der Waals surface area contributed by atoms with Crippen LogP contribution < -0.4 is 15.3 Å². The Labute approximate surface area is 71.2 Å². The lowest BCUT2D eigenvalue weighted by Crippen LogP contribution is -2.32. The number of fused-ring (bicyclic) bond motifs is 1. The van der Waals surface area contributed by atoms with Gasteiger partial charge < -0.3 is 0 Å². The van der Waals surface area contributed by atoms with Crippen LogP contribution in [0.15, 0.2) is 41.7 Å². The molecule has 0 atom stereocenters. The number of nitrogens with zero attached hydrogens (tertiary/aromatic N) is 2. The van der Waals surface area contributed by atoms with Gasteiger partial charge in [0.25, 0.3) is 0 Å². The molecule has 1 aliphatic rings. The standard InChI is InChI=1S/C10H11N2/c1-3-12-8(2)11-9-6-4-5-7-10(9)12/h4-7H,2-3H2,1H3/q+1. The third-order valence-electron chi connectivity index (χ3n) is 2.05. The number of hydrogen-bond acceptors (Lipinski definition) is 1. The number of benzene rings is 1. The van der Waals surface area contributed by atoms with E-state index in [1.807, 2.05) is 18.2 Å². The van der Waals surface area contributed by atoms with Gasteiger partial charge in [-0.15, -0.1) is 0 Å². The number of rotatable bonds is 1. The highest BCUT2D eigenvalue weighted by atomic mass is 15.1. The molecule has 1 heterocycles. The maximum absolute atomic E-state index is 4.34. The first-order valence-electron chi connectivity index (χ1n) is 4.10. The Morgan fingerprint density at radius 3 is 2.92 bits per heavy atom. The summed E-state index contributed by atoms with van der Waals surface area (Å²) in [6.07, 6.45) is 0. The summed E-state index contributed by atoms with van der Waals surface area (Å²) in [5.74, 6) is 0.846. The van der Waals surface area contributed by atoms with Gasteiger partial charge >= 0.3 is 5.82 Å². The van der Waals surface area contributed by atoms with Gasteiger partial charge in [-0.25, -0.2) is 4.58 Å². The Morgan fingerprint density at radius 1 is 1.42 bits per heavy atom. The maximum Gasteiger partial charge on any atom is 0.317 e. The predicted molar refractivity (Wildman–Crippen MR) is 48.1 cm³/mol. The molecule has 12 heavy (non-hydrogen) atoms. The lowest BCUT2D eigenvalue weighted by atomic mass is 10.3. The van der Waals surface area contributed by atoms with Crippen molar-refractivity contribution >= 4 is 0 Å². The second-order valence-electron chi connectivity index (χ2n) is 2.76. The van der Waals surface area contributed by atoms with Crippen LogP contribution in [0, 0.1) is 0 Å². The molecule has 0 radical (unpaired) electrons. The van der Waals surface area contributed by atoms with Crippen LogP contribution in [0.25, 0.3) is 0 Å². The number of hydrogen-bond donors (Lipinski definition) is 0. The molecule has 60 valence electrons. The van der Waals surface area contributed by atoms with Crippen LogP contribution in [0.2, 0.25) is 0 Å². The quantitative estimate of drug-likeness (QED) is 0.524. The molecule has 0 amide bonds. The van der Waals surface area contributed by atoms with Crippen molar-refractivity contribution < 1.29 is 0 Å². The zero-order chi connectivity index (χ0) is 8.55. The van der Waals surface area contributed by atoms with Crippen molar-refractivity contribution in [1.82, 2.24) is 4.58 Å². The van der Waals surface area contributed by atoms with Crippen molar-refractivity contribution in [3.63, 3.8) is 0 Å². The molecule has 0 fully saturated rings. The van der Waals surface area contributed by atoms with Gasteiger partial charge in [0.1, 0.15) is 0 Å². The summed E-state index contributed by atoms with van der Waals surface area (Å²) < 4.78 is 2.11. The van der Waals surface area contributed by atoms with Gasteiger partial charge in [-0.05, 0) is 30.6 Å². The second-order valence-corrected chi connectivity index (χ2v) is 2.76. The molecule has 0 unspecified atom stereocenters. The normalized spacial score (nSPS) is 14.4. The molecule has 1 aliphatic heterocycles. The Bertz CT molecular complexity index is 443. The zero-order valence-electron chi connectivity index (χ0n) is 7.12. The summed E-state index contributed by atoms with van der Waals surface area (Å²) in [4.78, 5) is 4.34. The van der Waals surface area contributed by atoms with E-state index < -0.39 is 0 Å². The first-order valence-corrected chi connectivity index (χ1v) is 4.10. The van der Waals surface area contributed by atoms with E-state index in [-0.39, 0.29) is 0 Å². The summed E-state index contributed by atoms with van der Waals surface area (Å²) in [6.45, 7) is 6.91.